The number of imidazole rings is 1. The number of aromatic amines is 1. The van der Waals surface area contributed by atoms with Crippen molar-refractivity contribution in [3.8, 4) is 0 Å². The van der Waals surface area contributed by atoms with Crippen LogP contribution in [0.15, 0.2) is 23.0 Å². The monoisotopic (exact) mass is 237 g/mol. The molecule has 1 heterocycles. The van der Waals surface area contributed by atoms with Crippen molar-refractivity contribution in [1.82, 2.24) is 9.55 Å². The van der Waals surface area contributed by atoms with Crippen LogP contribution in [0.1, 0.15) is 20.3 Å². The topological polar surface area (TPSA) is 63.8 Å². The maximum atomic E-state index is 13.1. The van der Waals surface area contributed by atoms with Gasteiger partial charge in [-0.25, -0.2) is 9.18 Å². The van der Waals surface area contributed by atoms with E-state index in [1.165, 1.54) is 16.7 Å². The number of aromatic nitrogens is 2. The number of hydrogen-bond acceptors (Lipinski definition) is 2. The Bertz CT molecular complexity index is 592. The Balaban J connectivity index is 2.42. The van der Waals surface area contributed by atoms with Crippen LogP contribution in [0.5, 0.6) is 0 Å². The summed E-state index contributed by atoms with van der Waals surface area (Å²) in [6.45, 7) is 4.27. The second kappa shape index (κ2) is 4.00. The normalized spacial score (nSPS) is 12.2. The molecule has 2 aromatic rings. The molecular formula is C12H16FN3O. The van der Waals surface area contributed by atoms with E-state index in [9.17, 15) is 9.18 Å². The van der Waals surface area contributed by atoms with Crippen molar-refractivity contribution < 1.29 is 4.39 Å². The van der Waals surface area contributed by atoms with Gasteiger partial charge in [-0.05, 0) is 38.5 Å². The molecule has 1 aromatic carbocycles. The van der Waals surface area contributed by atoms with E-state index < -0.39 is 0 Å². The van der Waals surface area contributed by atoms with Gasteiger partial charge in [0.2, 0.25) is 0 Å². The SMILES string of the molecule is CC(C)(N)CCn1c(=O)[nH]c2ccc(F)cc21. The van der Waals surface area contributed by atoms with Gasteiger partial charge in [-0.1, -0.05) is 0 Å². The van der Waals surface area contributed by atoms with Crippen LogP contribution in [0.4, 0.5) is 4.39 Å². The van der Waals surface area contributed by atoms with Crippen LogP contribution < -0.4 is 11.4 Å². The Labute approximate surface area is 98.2 Å². The zero-order valence-electron chi connectivity index (χ0n) is 9.96. The first-order chi connectivity index (χ1) is 7.87. The Morgan fingerprint density at radius 1 is 1.47 bits per heavy atom. The molecule has 0 fully saturated rings. The number of nitrogens with zero attached hydrogens (tertiary/aromatic N) is 1. The lowest BCUT2D eigenvalue weighted by Gasteiger charge is -2.18. The minimum atomic E-state index is -0.351. The van der Waals surface area contributed by atoms with Gasteiger partial charge >= 0.3 is 5.69 Å². The van der Waals surface area contributed by atoms with E-state index in [1.807, 2.05) is 13.8 Å². The molecule has 0 unspecified atom stereocenters. The number of nitrogens with one attached hydrogen (secondary N) is 1. The van der Waals surface area contributed by atoms with Crippen molar-refractivity contribution in [2.75, 3.05) is 0 Å². The average Bonchev–Trinajstić information content (AvgIpc) is 2.49. The summed E-state index contributed by atoms with van der Waals surface area (Å²) in [4.78, 5) is 14.4. The average molecular weight is 237 g/mol. The third-order valence-electron chi connectivity index (χ3n) is 2.72. The highest BCUT2D eigenvalue weighted by atomic mass is 19.1. The summed E-state index contributed by atoms with van der Waals surface area (Å²) >= 11 is 0. The second-order valence-corrected chi connectivity index (χ2v) is 4.98. The zero-order chi connectivity index (χ0) is 12.6. The van der Waals surface area contributed by atoms with Crippen molar-refractivity contribution in [3.05, 3.63) is 34.5 Å². The lowest BCUT2D eigenvalue weighted by Crippen LogP contribution is -2.34. The summed E-state index contributed by atoms with van der Waals surface area (Å²) in [5, 5.41) is 0. The van der Waals surface area contributed by atoms with E-state index in [4.69, 9.17) is 5.73 Å². The first kappa shape index (κ1) is 11.9. The molecular weight excluding hydrogens is 221 g/mol. The summed E-state index contributed by atoms with van der Waals surface area (Å²) in [5.41, 5.74) is 6.53. The molecule has 0 aliphatic carbocycles. The molecule has 0 spiro atoms. The highest BCUT2D eigenvalue weighted by molar-refractivity contribution is 5.75. The Kier molecular flexibility index (Phi) is 2.79. The number of halogens is 1. The van der Waals surface area contributed by atoms with Crippen LogP contribution in [-0.4, -0.2) is 15.1 Å². The van der Waals surface area contributed by atoms with Gasteiger partial charge in [0.25, 0.3) is 0 Å². The van der Waals surface area contributed by atoms with Crippen LogP contribution in [0, 0.1) is 5.82 Å². The number of fused-ring (bicyclic) bond motifs is 1. The fourth-order valence-corrected chi connectivity index (χ4v) is 1.75. The molecule has 92 valence electrons. The van der Waals surface area contributed by atoms with Crippen molar-refractivity contribution >= 4 is 11.0 Å². The highest BCUT2D eigenvalue weighted by Gasteiger charge is 2.13. The minimum absolute atomic E-state index is 0.227. The van der Waals surface area contributed by atoms with Gasteiger partial charge in [0.05, 0.1) is 11.0 Å². The third-order valence-corrected chi connectivity index (χ3v) is 2.72. The Morgan fingerprint density at radius 2 is 2.18 bits per heavy atom. The predicted molar refractivity (Wildman–Crippen MR) is 65.4 cm³/mol. The summed E-state index contributed by atoms with van der Waals surface area (Å²) in [5.74, 6) is -0.350. The predicted octanol–water partition coefficient (Wildman–Crippen LogP) is 1.60. The highest BCUT2D eigenvalue weighted by Crippen LogP contribution is 2.14. The van der Waals surface area contributed by atoms with Crippen molar-refractivity contribution in [3.63, 3.8) is 0 Å². The van der Waals surface area contributed by atoms with Crippen molar-refractivity contribution in [2.24, 2.45) is 5.73 Å². The molecule has 1 aromatic heterocycles. The van der Waals surface area contributed by atoms with Gasteiger partial charge < -0.3 is 10.7 Å². The molecule has 3 N–H and O–H groups in total. The molecule has 0 aliphatic rings. The third kappa shape index (κ3) is 2.55. The van der Waals surface area contributed by atoms with Crippen LogP contribution >= 0.6 is 0 Å². The lowest BCUT2D eigenvalue weighted by atomic mass is 10.0. The molecule has 0 saturated heterocycles. The van der Waals surface area contributed by atoms with Gasteiger partial charge in [-0.3, -0.25) is 4.57 Å². The number of nitrogens with two attached hydrogens (primary N) is 1. The largest absolute Gasteiger partial charge is 0.326 e. The summed E-state index contributed by atoms with van der Waals surface area (Å²) in [7, 11) is 0. The fourth-order valence-electron chi connectivity index (χ4n) is 1.75. The minimum Gasteiger partial charge on any atom is -0.325 e. The van der Waals surface area contributed by atoms with Crippen LogP contribution in [0.25, 0.3) is 11.0 Å². The lowest BCUT2D eigenvalue weighted by molar-refractivity contribution is 0.436. The van der Waals surface area contributed by atoms with Crippen molar-refractivity contribution in [2.45, 2.75) is 32.4 Å². The smallest absolute Gasteiger partial charge is 0.325 e. The van der Waals surface area contributed by atoms with E-state index >= 15 is 0 Å². The maximum Gasteiger partial charge on any atom is 0.326 e. The summed E-state index contributed by atoms with van der Waals surface area (Å²) in [6.07, 6.45) is 0.649. The first-order valence-corrected chi connectivity index (χ1v) is 5.54. The van der Waals surface area contributed by atoms with Crippen LogP contribution in [-0.2, 0) is 6.54 Å². The van der Waals surface area contributed by atoms with E-state index in [2.05, 4.69) is 4.98 Å². The Hall–Kier alpha value is -1.62. The molecule has 0 bridgehead atoms. The molecule has 4 nitrogen and oxygen atoms in total. The second-order valence-electron chi connectivity index (χ2n) is 4.98. The molecule has 0 radical (unpaired) electrons. The summed E-state index contributed by atoms with van der Waals surface area (Å²) < 4.78 is 14.7. The molecule has 5 heteroatoms. The van der Waals surface area contributed by atoms with E-state index in [-0.39, 0.29) is 17.0 Å². The van der Waals surface area contributed by atoms with Gasteiger partial charge in [0.1, 0.15) is 5.82 Å². The Morgan fingerprint density at radius 3 is 2.82 bits per heavy atom. The zero-order valence-corrected chi connectivity index (χ0v) is 9.96. The number of rotatable bonds is 3. The molecule has 0 aliphatic heterocycles. The van der Waals surface area contributed by atoms with E-state index in [0.717, 1.165) is 0 Å². The number of H-pyrrole nitrogens is 1. The number of aryl methyl sites for hydroxylation is 1. The fraction of sp³-hybridized carbons (Fsp3) is 0.417. The van der Waals surface area contributed by atoms with Gasteiger partial charge in [-0.15, -0.1) is 0 Å². The molecule has 0 atom stereocenters. The summed E-state index contributed by atoms with van der Waals surface area (Å²) in [6, 6.07) is 4.25. The van der Waals surface area contributed by atoms with Crippen LogP contribution in [0.2, 0.25) is 0 Å². The molecule has 0 amide bonds. The van der Waals surface area contributed by atoms with Gasteiger partial charge in [-0.2, -0.15) is 0 Å². The quantitative estimate of drug-likeness (QED) is 0.851. The van der Waals surface area contributed by atoms with Crippen molar-refractivity contribution in [1.29, 1.82) is 0 Å². The first-order valence-electron chi connectivity index (χ1n) is 5.54. The van der Waals surface area contributed by atoms with Gasteiger partial charge in [0, 0.05) is 12.1 Å². The maximum absolute atomic E-state index is 13.1. The van der Waals surface area contributed by atoms with Gasteiger partial charge in [0.15, 0.2) is 0 Å². The molecule has 17 heavy (non-hydrogen) atoms. The molecule has 2 rings (SSSR count). The van der Waals surface area contributed by atoms with E-state index in [0.29, 0.717) is 24.0 Å². The van der Waals surface area contributed by atoms with E-state index in [1.54, 1.807) is 6.07 Å². The standard InChI is InChI=1S/C12H16FN3O/c1-12(2,14)5-6-16-10-7-8(13)3-4-9(10)15-11(16)17/h3-4,7H,5-6,14H2,1-2H3,(H,15,17). The number of hydrogen-bond donors (Lipinski definition) is 2. The van der Waals surface area contributed by atoms with Crippen LogP contribution in [0.3, 0.4) is 0 Å². The molecule has 0 saturated carbocycles. The number of benzene rings is 1.